The van der Waals surface area contributed by atoms with E-state index in [4.69, 9.17) is 4.98 Å². The number of allylic oxidation sites excluding steroid dienone is 2. The highest BCUT2D eigenvalue weighted by molar-refractivity contribution is 5.58. The van der Waals surface area contributed by atoms with Gasteiger partial charge in [-0.2, -0.15) is 0 Å². The number of hydrogen-bond donors (Lipinski definition) is 0. The number of rotatable bonds is 0. The molecular formula is C15H22N2. The van der Waals surface area contributed by atoms with Crippen molar-refractivity contribution in [2.45, 2.75) is 47.0 Å². The van der Waals surface area contributed by atoms with Gasteiger partial charge in [0.15, 0.2) is 0 Å². The Morgan fingerprint density at radius 3 is 2.41 bits per heavy atom. The van der Waals surface area contributed by atoms with Crippen LogP contribution in [-0.2, 0) is 5.41 Å². The van der Waals surface area contributed by atoms with Gasteiger partial charge in [0.1, 0.15) is 5.82 Å². The number of aromatic nitrogens is 2. The highest BCUT2D eigenvalue weighted by atomic mass is 15.1. The molecule has 0 N–H and O–H groups in total. The van der Waals surface area contributed by atoms with Crippen LogP contribution in [0, 0.1) is 12.3 Å². The minimum absolute atomic E-state index is 0.0814. The van der Waals surface area contributed by atoms with Crippen LogP contribution in [0.25, 0.3) is 12.3 Å². The van der Waals surface area contributed by atoms with E-state index in [9.17, 15) is 0 Å². The van der Waals surface area contributed by atoms with Gasteiger partial charge in [-0.25, -0.2) is 4.98 Å². The first kappa shape index (κ1) is 12.2. The summed E-state index contributed by atoms with van der Waals surface area (Å²) in [6.07, 6.45) is 8.83. The van der Waals surface area contributed by atoms with Crippen LogP contribution >= 0.6 is 0 Å². The average molecular weight is 230 g/mol. The largest absolute Gasteiger partial charge is 0.304 e. The fourth-order valence-corrected chi connectivity index (χ4v) is 2.08. The van der Waals surface area contributed by atoms with E-state index >= 15 is 0 Å². The summed E-state index contributed by atoms with van der Waals surface area (Å²) in [6, 6.07) is 0. The molecule has 0 atom stereocenters. The van der Waals surface area contributed by atoms with Crippen LogP contribution < -0.4 is 0 Å². The lowest BCUT2D eigenvalue weighted by molar-refractivity contribution is 0.570. The Kier molecular flexibility index (Phi) is 2.57. The van der Waals surface area contributed by atoms with Gasteiger partial charge in [-0.1, -0.05) is 46.8 Å². The molecule has 0 amide bonds. The zero-order valence-corrected chi connectivity index (χ0v) is 11.7. The Labute approximate surface area is 104 Å². The maximum Gasteiger partial charge on any atom is 0.110 e. The van der Waals surface area contributed by atoms with E-state index in [0.29, 0.717) is 0 Å². The Balaban J connectivity index is 2.64. The van der Waals surface area contributed by atoms with E-state index in [2.05, 4.69) is 70.5 Å². The molecule has 0 saturated heterocycles. The van der Waals surface area contributed by atoms with Crippen LogP contribution in [0.2, 0.25) is 0 Å². The molecule has 2 heteroatoms. The molecule has 2 nitrogen and oxygen atoms in total. The Bertz CT molecular complexity index is 494. The molecule has 0 aliphatic carbocycles. The van der Waals surface area contributed by atoms with Crippen LogP contribution in [0.3, 0.4) is 0 Å². The third-order valence-electron chi connectivity index (χ3n) is 3.16. The summed E-state index contributed by atoms with van der Waals surface area (Å²) >= 11 is 0. The SMILES string of the molecule is Cc1nc(C(C)(C)C)c2n1C=CC(C)(C)C=C2. The van der Waals surface area contributed by atoms with Crippen molar-refractivity contribution in [1.29, 1.82) is 0 Å². The molecule has 0 fully saturated rings. The van der Waals surface area contributed by atoms with Gasteiger partial charge in [0.05, 0.1) is 11.4 Å². The summed E-state index contributed by atoms with van der Waals surface area (Å²) in [7, 11) is 0. The lowest BCUT2D eigenvalue weighted by Gasteiger charge is -2.17. The maximum absolute atomic E-state index is 4.71. The predicted octanol–water partition coefficient (Wildman–Crippen LogP) is 4.01. The molecule has 17 heavy (non-hydrogen) atoms. The molecule has 0 unspecified atom stereocenters. The van der Waals surface area contributed by atoms with Crippen molar-refractivity contribution < 1.29 is 0 Å². The van der Waals surface area contributed by atoms with Gasteiger partial charge in [-0.05, 0) is 13.0 Å². The molecule has 0 radical (unpaired) electrons. The zero-order valence-electron chi connectivity index (χ0n) is 11.7. The van der Waals surface area contributed by atoms with E-state index in [1.807, 2.05) is 0 Å². The van der Waals surface area contributed by atoms with Gasteiger partial charge in [0.25, 0.3) is 0 Å². The number of hydrogen-bond acceptors (Lipinski definition) is 1. The van der Waals surface area contributed by atoms with Crippen molar-refractivity contribution in [2.75, 3.05) is 0 Å². The molecule has 2 rings (SSSR count). The smallest absolute Gasteiger partial charge is 0.110 e. The van der Waals surface area contributed by atoms with Gasteiger partial charge in [0.2, 0.25) is 0 Å². The maximum atomic E-state index is 4.71. The van der Waals surface area contributed by atoms with Crippen molar-refractivity contribution in [3.05, 3.63) is 29.4 Å². The molecule has 0 aromatic carbocycles. The van der Waals surface area contributed by atoms with Gasteiger partial charge >= 0.3 is 0 Å². The first-order chi connectivity index (χ1) is 7.71. The quantitative estimate of drug-likeness (QED) is 0.658. The van der Waals surface area contributed by atoms with Gasteiger partial charge < -0.3 is 4.57 Å². The van der Waals surface area contributed by atoms with Gasteiger partial charge in [0, 0.05) is 17.0 Å². The summed E-state index contributed by atoms with van der Waals surface area (Å²) in [5, 5.41) is 0. The number of imidazole rings is 1. The molecule has 1 aliphatic heterocycles. The molecule has 1 aromatic rings. The second-order valence-corrected chi connectivity index (χ2v) is 6.48. The van der Waals surface area contributed by atoms with Crippen molar-refractivity contribution in [3.63, 3.8) is 0 Å². The van der Waals surface area contributed by atoms with E-state index < -0.39 is 0 Å². The van der Waals surface area contributed by atoms with E-state index in [0.717, 1.165) is 5.82 Å². The molecule has 1 aromatic heterocycles. The lowest BCUT2D eigenvalue weighted by atomic mass is 9.89. The molecule has 2 heterocycles. The highest BCUT2D eigenvalue weighted by Gasteiger charge is 2.25. The van der Waals surface area contributed by atoms with E-state index in [1.54, 1.807) is 0 Å². The van der Waals surface area contributed by atoms with E-state index in [-0.39, 0.29) is 10.8 Å². The minimum Gasteiger partial charge on any atom is -0.304 e. The summed E-state index contributed by atoms with van der Waals surface area (Å²) in [6.45, 7) is 13.1. The van der Waals surface area contributed by atoms with Crippen molar-refractivity contribution in [1.82, 2.24) is 9.55 Å². The lowest BCUT2D eigenvalue weighted by Crippen LogP contribution is -2.13. The Morgan fingerprint density at radius 2 is 1.82 bits per heavy atom. The normalized spacial score (nSPS) is 18.0. The first-order valence-electron chi connectivity index (χ1n) is 6.19. The van der Waals surface area contributed by atoms with E-state index in [1.165, 1.54) is 11.4 Å². The fraction of sp³-hybridized carbons (Fsp3) is 0.533. The second-order valence-electron chi connectivity index (χ2n) is 6.48. The number of aryl methyl sites for hydroxylation is 1. The highest BCUT2D eigenvalue weighted by Crippen LogP contribution is 2.31. The fourth-order valence-electron chi connectivity index (χ4n) is 2.08. The van der Waals surface area contributed by atoms with Crippen molar-refractivity contribution in [3.8, 4) is 0 Å². The monoisotopic (exact) mass is 230 g/mol. The summed E-state index contributed by atoms with van der Waals surface area (Å²) in [5.41, 5.74) is 2.59. The van der Waals surface area contributed by atoms with Crippen LogP contribution in [0.5, 0.6) is 0 Å². The van der Waals surface area contributed by atoms with Crippen LogP contribution in [-0.4, -0.2) is 9.55 Å². The Hall–Kier alpha value is -1.31. The van der Waals surface area contributed by atoms with Crippen molar-refractivity contribution in [2.24, 2.45) is 5.41 Å². The number of nitrogens with zero attached hydrogens (tertiary/aromatic N) is 2. The average Bonchev–Trinajstić information content (AvgIpc) is 2.40. The first-order valence-corrected chi connectivity index (χ1v) is 6.19. The summed E-state index contributed by atoms with van der Waals surface area (Å²) in [5.74, 6) is 1.06. The van der Waals surface area contributed by atoms with Crippen LogP contribution in [0.15, 0.2) is 12.2 Å². The summed E-state index contributed by atoms with van der Waals surface area (Å²) < 4.78 is 2.19. The van der Waals surface area contributed by atoms with Crippen LogP contribution in [0.1, 0.15) is 51.8 Å². The van der Waals surface area contributed by atoms with Crippen LogP contribution in [0.4, 0.5) is 0 Å². The molecule has 0 saturated carbocycles. The molecular weight excluding hydrogens is 208 g/mol. The summed E-state index contributed by atoms with van der Waals surface area (Å²) in [4.78, 5) is 4.71. The third kappa shape index (κ3) is 2.21. The zero-order chi connectivity index (χ0) is 12.8. The minimum atomic E-state index is 0.0814. The molecule has 1 aliphatic rings. The topological polar surface area (TPSA) is 17.8 Å². The Morgan fingerprint density at radius 1 is 1.18 bits per heavy atom. The molecule has 92 valence electrons. The molecule has 0 bridgehead atoms. The van der Waals surface area contributed by atoms with Gasteiger partial charge in [-0.3, -0.25) is 0 Å². The third-order valence-corrected chi connectivity index (χ3v) is 3.16. The predicted molar refractivity (Wildman–Crippen MR) is 73.8 cm³/mol. The second kappa shape index (κ2) is 3.59. The van der Waals surface area contributed by atoms with Gasteiger partial charge in [-0.15, -0.1) is 0 Å². The van der Waals surface area contributed by atoms with Crippen molar-refractivity contribution >= 4 is 12.3 Å². The molecule has 0 spiro atoms. The standard InChI is InChI=1S/C15H22N2/c1-11-16-13(14(2,3)4)12-7-8-15(5,6)9-10-17(11)12/h7-10H,1-6H3. The number of fused-ring (bicyclic) bond motifs is 1.